The van der Waals surface area contributed by atoms with Crippen LogP contribution in [0.3, 0.4) is 0 Å². The fourth-order valence-corrected chi connectivity index (χ4v) is 7.43. The molecule has 0 aliphatic carbocycles. The fourth-order valence-electron chi connectivity index (χ4n) is 7.43. The Labute approximate surface area is 282 Å². The summed E-state index contributed by atoms with van der Waals surface area (Å²) in [6, 6.07) is 61.9. The van der Waals surface area contributed by atoms with Gasteiger partial charge in [0.25, 0.3) is 0 Å². The van der Waals surface area contributed by atoms with Crippen LogP contribution in [0, 0.1) is 0 Å². The molecule has 0 unspecified atom stereocenters. The minimum Gasteiger partial charge on any atom is -0.455 e. The molecule has 0 saturated heterocycles. The molecule has 0 aliphatic rings. The number of benzene rings is 8. The second-order valence-electron chi connectivity index (χ2n) is 12.5. The molecular formula is C46H29NO2. The van der Waals surface area contributed by atoms with Crippen molar-refractivity contribution < 1.29 is 8.83 Å². The molecule has 0 spiro atoms. The second-order valence-corrected chi connectivity index (χ2v) is 12.5. The highest BCUT2D eigenvalue weighted by Crippen LogP contribution is 2.46. The number of fused-ring (bicyclic) bond motifs is 8. The number of hydrogen-bond donors (Lipinski definition) is 0. The summed E-state index contributed by atoms with van der Waals surface area (Å²) in [7, 11) is 0. The van der Waals surface area contributed by atoms with E-state index in [1.807, 2.05) is 12.1 Å². The van der Waals surface area contributed by atoms with E-state index >= 15 is 0 Å². The summed E-state index contributed by atoms with van der Waals surface area (Å²) in [5, 5.41) is 6.77. The van der Waals surface area contributed by atoms with E-state index in [4.69, 9.17) is 8.83 Å². The van der Waals surface area contributed by atoms with Gasteiger partial charge in [-0.2, -0.15) is 0 Å². The molecule has 0 N–H and O–H groups in total. The summed E-state index contributed by atoms with van der Waals surface area (Å²) in [4.78, 5) is 2.33. The minimum atomic E-state index is 0.859. The highest BCUT2D eigenvalue weighted by molar-refractivity contribution is 6.19. The first-order valence-electron chi connectivity index (χ1n) is 16.6. The molecule has 10 rings (SSSR count). The Bertz CT molecular complexity index is 2830. The van der Waals surface area contributed by atoms with Crippen molar-refractivity contribution in [1.29, 1.82) is 0 Å². The molecule has 2 aromatic heterocycles. The number of anilines is 3. The van der Waals surface area contributed by atoms with Crippen LogP contribution in [-0.4, -0.2) is 0 Å². The lowest BCUT2D eigenvalue weighted by Gasteiger charge is -2.28. The highest BCUT2D eigenvalue weighted by atomic mass is 16.3. The van der Waals surface area contributed by atoms with E-state index in [1.54, 1.807) is 0 Å². The van der Waals surface area contributed by atoms with Gasteiger partial charge >= 0.3 is 0 Å². The van der Waals surface area contributed by atoms with Gasteiger partial charge in [0.1, 0.15) is 16.7 Å². The summed E-state index contributed by atoms with van der Waals surface area (Å²) in [5.41, 5.74) is 11.2. The van der Waals surface area contributed by atoms with E-state index in [-0.39, 0.29) is 0 Å². The van der Waals surface area contributed by atoms with Crippen LogP contribution in [0.4, 0.5) is 17.1 Å². The molecule has 0 saturated carbocycles. The Kier molecular flexibility index (Phi) is 6.18. The van der Waals surface area contributed by atoms with Gasteiger partial charge in [-0.15, -0.1) is 0 Å². The Morgan fingerprint density at radius 2 is 0.980 bits per heavy atom. The van der Waals surface area contributed by atoms with Crippen molar-refractivity contribution in [3.63, 3.8) is 0 Å². The molecule has 10 aromatic rings. The molecule has 0 aliphatic heterocycles. The molecule has 3 heteroatoms. The smallest absolute Gasteiger partial charge is 0.159 e. The molecule has 0 fully saturated rings. The lowest BCUT2D eigenvalue weighted by atomic mass is 9.97. The van der Waals surface area contributed by atoms with Crippen LogP contribution in [0.15, 0.2) is 185 Å². The van der Waals surface area contributed by atoms with E-state index in [2.05, 4.69) is 169 Å². The third-order valence-electron chi connectivity index (χ3n) is 9.68. The highest BCUT2D eigenvalue weighted by Gasteiger charge is 2.22. The molecule has 8 aromatic carbocycles. The van der Waals surface area contributed by atoms with Crippen molar-refractivity contribution in [1.82, 2.24) is 0 Å². The maximum absolute atomic E-state index is 6.60. The van der Waals surface area contributed by atoms with Crippen LogP contribution in [0.5, 0.6) is 0 Å². The predicted octanol–water partition coefficient (Wildman–Crippen LogP) is 13.4. The van der Waals surface area contributed by atoms with Crippen LogP contribution in [0.25, 0.3) is 76.9 Å². The Balaban J connectivity index is 1.17. The van der Waals surface area contributed by atoms with Crippen molar-refractivity contribution in [3.05, 3.63) is 176 Å². The standard InChI is InChI=1S/C46H29NO2/c1-2-12-30(13-3-1)34-15-6-8-20-40(34)47(41-21-10-19-38-37-17-7-9-22-42(37)48-46(38)41)33-27-24-32(25-28-33)35-18-11-23-43-44(35)39-29-26-31-14-4-5-16-36(31)45(39)49-43/h1-29H. The molecule has 0 bridgehead atoms. The summed E-state index contributed by atoms with van der Waals surface area (Å²) in [6.45, 7) is 0. The van der Waals surface area contributed by atoms with Crippen molar-refractivity contribution >= 4 is 71.7 Å². The van der Waals surface area contributed by atoms with Gasteiger partial charge in [0, 0.05) is 38.2 Å². The molecule has 0 atom stereocenters. The number of nitrogens with zero attached hydrogens (tertiary/aromatic N) is 1. The van der Waals surface area contributed by atoms with E-state index in [9.17, 15) is 0 Å². The van der Waals surface area contributed by atoms with Gasteiger partial charge in [-0.3, -0.25) is 0 Å². The van der Waals surface area contributed by atoms with Gasteiger partial charge in [0.15, 0.2) is 5.58 Å². The molecule has 0 radical (unpaired) electrons. The van der Waals surface area contributed by atoms with Gasteiger partial charge < -0.3 is 13.7 Å². The number of para-hydroxylation sites is 3. The topological polar surface area (TPSA) is 29.5 Å². The fraction of sp³-hybridized carbons (Fsp3) is 0. The van der Waals surface area contributed by atoms with Crippen LogP contribution < -0.4 is 4.90 Å². The van der Waals surface area contributed by atoms with Crippen LogP contribution in [0.1, 0.15) is 0 Å². The Hall–Kier alpha value is -6.58. The third-order valence-corrected chi connectivity index (χ3v) is 9.68. The quantitative estimate of drug-likeness (QED) is 0.190. The molecule has 3 nitrogen and oxygen atoms in total. The van der Waals surface area contributed by atoms with Gasteiger partial charge in [0.05, 0.1) is 11.4 Å². The van der Waals surface area contributed by atoms with Crippen LogP contribution >= 0.6 is 0 Å². The van der Waals surface area contributed by atoms with E-state index < -0.39 is 0 Å². The van der Waals surface area contributed by atoms with Gasteiger partial charge in [-0.05, 0) is 64.5 Å². The number of rotatable bonds is 5. The molecule has 230 valence electrons. The normalized spacial score (nSPS) is 11.7. The molecule has 0 amide bonds. The zero-order chi connectivity index (χ0) is 32.3. The number of furan rings is 2. The first-order chi connectivity index (χ1) is 24.3. The Morgan fingerprint density at radius 3 is 1.88 bits per heavy atom. The van der Waals surface area contributed by atoms with Crippen molar-refractivity contribution in [2.45, 2.75) is 0 Å². The summed E-state index contributed by atoms with van der Waals surface area (Å²) in [5.74, 6) is 0. The maximum atomic E-state index is 6.60. The first kappa shape index (κ1) is 27.5. The molecule has 2 heterocycles. The van der Waals surface area contributed by atoms with Crippen molar-refractivity contribution in [2.75, 3.05) is 4.90 Å². The summed E-state index contributed by atoms with van der Waals surface area (Å²) < 4.78 is 13.1. The van der Waals surface area contributed by atoms with Crippen molar-refractivity contribution in [2.24, 2.45) is 0 Å². The largest absolute Gasteiger partial charge is 0.455 e. The van der Waals surface area contributed by atoms with Crippen molar-refractivity contribution in [3.8, 4) is 22.3 Å². The molecular weight excluding hydrogens is 599 g/mol. The Morgan fingerprint density at radius 1 is 0.347 bits per heavy atom. The van der Waals surface area contributed by atoms with E-state index in [0.29, 0.717) is 0 Å². The van der Waals surface area contributed by atoms with E-state index in [1.165, 1.54) is 5.39 Å². The third kappa shape index (κ3) is 4.37. The minimum absolute atomic E-state index is 0.859. The molecule has 49 heavy (non-hydrogen) atoms. The predicted molar refractivity (Wildman–Crippen MR) is 204 cm³/mol. The van der Waals surface area contributed by atoms with E-state index in [0.717, 1.165) is 88.6 Å². The maximum Gasteiger partial charge on any atom is 0.159 e. The van der Waals surface area contributed by atoms with Gasteiger partial charge in [0.2, 0.25) is 0 Å². The SMILES string of the molecule is c1ccc(-c2ccccc2N(c2ccc(-c3cccc4oc5c6ccccc6ccc5c34)cc2)c2cccc3c2oc2ccccc23)cc1. The zero-order valence-corrected chi connectivity index (χ0v) is 26.5. The van der Waals surface area contributed by atoms with Crippen LogP contribution in [-0.2, 0) is 0 Å². The van der Waals surface area contributed by atoms with Gasteiger partial charge in [-0.1, -0.05) is 133 Å². The lowest BCUT2D eigenvalue weighted by molar-refractivity contribution is 0.669. The van der Waals surface area contributed by atoms with Crippen LogP contribution in [0.2, 0.25) is 0 Å². The first-order valence-corrected chi connectivity index (χ1v) is 16.6. The monoisotopic (exact) mass is 627 g/mol. The average Bonchev–Trinajstić information content (AvgIpc) is 3.75. The number of hydrogen-bond acceptors (Lipinski definition) is 3. The lowest BCUT2D eigenvalue weighted by Crippen LogP contribution is -2.11. The van der Waals surface area contributed by atoms with Gasteiger partial charge in [-0.25, -0.2) is 0 Å². The summed E-state index contributed by atoms with van der Waals surface area (Å²) >= 11 is 0. The zero-order valence-electron chi connectivity index (χ0n) is 26.5. The second kappa shape index (κ2) is 11.0. The average molecular weight is 628 g/mol. The summed E-state index contributed by atoms with van der Waals surface area (Å²) in [6.07, 6.45) is 0.